The molecule has 0 aliphatic carbocycles. The Kier molecular flexibility index (Phi) is 25.5. The van der Waals surface area contributed by atoms with Crippen LogP contribution >= 0.6 is 23.9 Å². The molecule has 0 saturated carbocycles. The molecule has 0 aromatic rings. The number of carbonyl (C=O) groups excluding carboxylic acids is 1. The summed E-state index contributed by atoms with van der Waals surface area (Å²) in [6, 6.07) is 0. The van der Waals surface area contributed by atoms with Crippen LogP contribution < -0.4 is 39.3 Å². The van der Waals surface area contributed by atoms with E-state index < -0.39 is 18.6 Å². The zero-order valence-electron chi connectivity index (χ0n) is 19.7. The molecule has 0 spiro atoms. The molecule has 0 aliphatic heterocycles. The van der Waals surface area contributed by atoms with E-state index in [1.54, 1.807) is 0 Å². The zero-order valence-corrected chi connectivity index (χ0v) is 24.2. The molecule has 9 heteroatoms. The van der Waals surface area contributed by atoms with Crippen LogP contribution in [0.1, 0.15) is 116 Å². The van der Waals surface area contributed by atoms with E-state index >= 15 is 0 Å². The minimum Gasteiger partial charge on any atom is -0.659 e. The second kappa shape index (κ2) is 23.0. The predicted octanol–water partition coefficient (Wildman–Crippen LogP) is 1.74. The van der Waals surface area contributed by atoms with E-state index in [1.165, 1.54) is 77.0 Å². The summed E-state index contributed by atoms with van der Waals surface area (Å²) in [5, 5.41) is 9.61. The Hall–Kier alpha value is 1.22. The number of unbranched alkanes of at least 4 members (excludes halogenated alkanes) is 14. The number of hydrogen-bond donors (Lipinski definition) is 2. The number of rotatable bonds is 21. The minimum atomic E-state index is -4.65. The first-order valence-electron chi connectivity index (χ1n) is 11.8. The van der Waals surface area contributed by atoms with E-state index in [-0.39, 0.29) is 48.6 Å². The van der Waals surface area contributed by atoms with Crippen molar-refractivity contribution in [3.8, 4) is 0 Å². The Labute approximate surface area is 220 Å². The van der Waals surface area contributed by atoms with Crippen molar-refractivity contribution in [1.29, 1.82) is 0 Å². The normalized spacial score (nSPS) is 13.5. The molecule has 0 heterocycles. The molecular weight excluding hydrogens is 494 g/mol. The van der Waals surface area contributed by atoms with E-state index in [0.29, 0.717) is 6.42 Å². The smallest absolute Gasteiger partial charge is 0.659 e. The first kappa shape index (κ1) is 34.4. The molecule has 0 amide bonds. The topological polar surface area (TPSA) is 113 Å². The number of aliphatic hydroxyl groups excluding tert-OH is 1. The molecule has 0 fully saturated rings. The van der Waals surface area contributed by atoms with Crippen LogP contribution in [0, 0.1) is 0 Å². The number of esters is 1. The number of ether oxygens (including phenoxy) is 1. The van der Waals surface area contributed by atoms with Crippen LogP contribution in [0.4, 0.5) is 0 Å². The Morgan fingerprint density at radius 1 is 0.871 bits per heavy atom. The molecule has 2 atom stereocenters. The Balaban J connectivity index is 0. The summed E-state index contributed by atoms with van der Waals surface area (Å²) in [4.78, 5) is 42.3. The van der Waals surface area contributed by atoms with Crippen LogP contribution in [0.5, 0.6) is 0 Å². The van der Waals surface area contributed by atoms with Gasteiger partial charge in [-0.15, -0.1) is 0 Å². The van der Waals surface area contributed by atoms with E-state index in [4.69, 9.17) is 9.63 Å². The van der Waals surface area contributed by atoms with E-state index in [9.17, 15) is 19.7 Å². The Bertz CT molecular complexity index is 412. The first-order chi connectivity index (χ1) is 14.3. The summed E-state index contributed by atoms with van der Waals surface area (Å²) in [5.41, 5.74) is 0. The van der Waals surface area contributed by atoms with Crippen molar-refractivity contribution in [2.45, 2.75) is 127 Å². The van der Waals surface area contributed by atoms with Gasteiger partial charge in [-0.05, 0) is 22.4 Å². The maximum Gasteiger partial charge on any atom is 1.00 e. The maximum atomic E-state index is 11.6. The van der Waals surface area contributed by atoms with Crippen molar-refractivity contribution in [2.75, 3.05) is 6.61 Å². The molecule has 1 unspecified atom stereocenters. The molecule has 180 valence electrons. The fourth-order valence-electron chi connectivity index (χ4n) is 3.36. The summed E-state index contributed by atoms with van der Waals surface area (Å²) < 4.78 is 3.56. The second-order valence-electron chi connectivity index (χ2n) is 8.21. The number of alkyl halides is 1. The van der Waals surface area contributed by atoms with Gasteiger partial charge in [0.05, 0.1) is 14.6 Å². The third-order valence-corrected chi connectivity index (χ3v) is 8.42. The molecule has 6 nitrogen and oxygen atoms in total. The Morgan fingerprint density at radius 2 is 1.26 bits per heavy atom. The van der Waals surface area contributed by atoms with E-state index in [0.717, 1.165) is 19.3 Å². The van der Waals surface area contributed by atoms with Gasteiger partial charge < -0.3 is 19.6 Å². The SMILES string of the molecule is CCCCCCCCCCCCCCCCCC(=O)OCC[C@@H](O)C(Br)[P+]([O-])([O-])O.[Na+]. The summed E-state index contributed by atoms with van der Waals surface area (Å²) >= 11 is 2.72. The van der Waals surface area contributed by atoms with Crippen molar-refractivity contribution < 1.29 is 58.9 Å². The third kappa shape index (κ3) is 22.8. The zero-order chi connectivity index (χ0) is 22.7. The molecule has 0 aliphatic rings. The average molecular weight is 537 g/mol. The predicted molar refractivity (Wildman–Crippen MR) is 123 cm³/mol. The van der Waals surface area contributed by atoms with Gasteiger partial charge in [0.2, 0.25) is 0 Å². The van der Waals surface area contributed by atoms with Gasteiger partial charge in [0, 0.05) is 12.8 Å². The summed E-state index contributed by atoms with van der Waals surface area (Å²) in [5.74, 6) is -0.336. The molecule has 0 saturated heterocycles. The van der Waals surface area contributed by atoms with Crippen LogP contribution in [-0.2, 0) is 9.53 Å². The van der Waals surface area contributed by atoms with Crippen LogP contribution in [-0.4, -0.2) is 33.2 Å². The monoisotopic (exact) mass is 536 g/mol. The van der Waals surface area contributed by atoms with Gasteiger partial charge >= 0.3 is 35.5 Å². The largest absolute Gasteiger partial charge is 1.00 e. The van der Waals surface area contributed by atoms with Crippen LogP contribution in [0.3, 0.4) is 0 Å². The van der Waals surface area contributed by atoms with E-state index in [2.05, 4.69) is 22.9 Å². The van der Waals surface area contributed by atoms with Gasteiger partial charge in [0.1, 0.15) is 6.10 Å². The van der Waals surface area contributed by atoms with Crippen LogP contribution in [0.25, 0.3) is 0 Å². The van der Waals surface area contributed by atoms with Crippen molar-refractivity contribution in [2.24, 2.45) is 0 Å². The maximum absolute atomic E-state index is 11.6. The van der Waals surface area contributed by atoms with Gasteiger partial charge in [-0.3, -0.25) is 9.69 Å². The fourth-order valence-corrected chi connectivity index (χ4v) is 4.21. The molecule has 0 bridgehead atoms. The number of hydrogen-bond acceptors (Lipinski definition) is 6. The van der Waals surface area contributed by atoms with Gasteiger partial charge in [-0.1, -0.05) is 96.8 Å². The first-order valence-corrected chi connectivity index (χ1v) is 14.4. The van der Waals surface area contributed by atoms with Crippen molar-refractivity contribution in [1.82, 2.24) is 0 Å². The van der Waals surface area contributed by atoms with Gasteiger partial charge in [0.15, 0.2) is 4.57 Å². The van der Waals surface area contributed by atoms with Crippen LogP contribution in [0.15, 0.2) is 0 Å². The van der Waals surface area contributed by atoms with Crippen molar-refractivity contribution in [3.05, 3.63) is 0 Å². The molecule has 31 heavy (non-hydrogen) atoms. The van der Waals surface area contributed by atoms with Gasteiger partial charge in [-0.25, -0.2) is 0 Å². The molecule has 2 N–H and O–H groups in total. The van der Waals surface area contributed by atoms with E-state index in [1.807, 2.05) is 0 Å². The summed E-state index contributed by atoms with van der Waals surface area (Å²) in [6.45, 7) is 2.18. The number of halogens is 1. The van der Waals surface area contributed by atoms with Crippen LogP contribution in [0.2, 0.25) is 0 Å². The third-order valence-electron chi connectivity index (χ3n) is 5.29. The summed E-state index contributed by atoms with van der Waals surface area (Å²) in [6.07, 6.45) is 18.0. The van der Waals surface area contributed by atoms with Crippen molar-refractivity contribution in [3.63, 3.8) is 0 Å². The minimum absolute atomic E-state index is 0. The van der Waals surface area contributed by atoms with Gasteiger partial charge in [-0.2, -0.15) is 0 Å². The summed E-state index contributed by atoms with van der Waals surface area (Å²) in [7, 11) is -4.65. The fraction of sp³-hybridized carbons (Fsp3) is 0.955. The molecule has 0 aromatic carbocycles. The molecule has 0 rings (SSSR count). The number of aliphatic hydroxyl groups is 1. The average Bonchev–Trinajstić information content (AvgIpc) is 2.69. The molecule has 0 aromatic heterocycles. The number of carbonyl (C=O) groups is 1. The molecule has 0 radical (unpaired) electrons. The standard InChI is InChI=1S/C22H44BrO6P.Na/c1-2-3-4-5-6-7-8-9-10-11-12-13-14-15-16-17-21(25)29-19-18-20(24)22(23)30(26,27)28;/h20,22,24H,2-19H2,1H3,(H2,26,27,28);/q;+1/p-1/t20-,22?;/m1./s1. The Morgan fingerprint density at radius 3 is 1.65 bits per heavy atom. The molecular formula is C22H43BrNaO6P. The van der Waals surface area contributed by atoms with Crippen molar-refractivity contribution >= 4 is 29.8 Å². The van der Waals surface area contributed by atoms with Gasteiger partial charge in [0.25, 0.3) is 0 Å². The second-order valence-corrected chi connectivity index (χ2v) is 11.6. The quantitative estimate of drug-likeness (QED) is 0.0759.